The predicted octanol–water partition coefficient (Wildman–Crippen LogP) is 24.8. The molecule has 1 unspecified atom stereocenters. The predicted molar refractivity (Wildman–Crippen MR) is 563 cm³/mol. The smallest absolute Gasteiger partial charge is 0.229 e. The minimum absolute atomic E-state index is 0.0247. The van der Waals surface area contributed by atoms with Crippen LogP contribution < -0.4 is 10.6 Å². The third-order valence-corrected chi connectivity index (χ3v) is 22.2. The monoisotopic (exact) mass is 1790 g/mol. The summed E-state index contributed by atoms with van der Waals surface area (Å²) in [6, 6.07) is 0.944. The summed E-state index contributed by atoms with van der Waals surface area (Å²) in [6.07, 6.45) is 20.9. The molecule has 0 aromatic rings. The lowest BCUT2D eigenvalue weighted by Crippen LogP contribution is -2.48. The molecule has 1 atom stereocenters. The molecular weight excluding hydrogens is 1550 g/mol. The van der Waals surface area contributed by atoms with Crippen molar-refractivity contribution in [1.82, 2.24) is 59.6 Å². The van der Waals surface area contributed by atoms with E-state index in [0.29, 0.717) is 58.5 Å². The van der Waals surface area contributed by atoms with E-state index >= 15 is 0 Å². The lowest BCUT2D eigenvalue weighted by molar-refractivity contribution is -0.150. The van der Waals surface area contributed by atoms with Gasteiger partial charge in [-0.05, 0) is 419 Å². The molecule has 0 spiro atoms. The standard InChI is InChI=1S/C11H23N.C10H19NO2.C10H21NO.C10H21N.C10H23N.2C9H21N.3C8H19NO.C8H19N.C6H15N/c1-5-8-12(11(2,3)4)9-10-6-7-10;1-6-8(12)11(9(13)7-2)10(3,4)5;1-6-8-11(9(12)7-2)10(3,4)5;1-10(2,3)11-8-6-4-5-7-9-11;1-6-8-11(9-7-2)10(3,4)5;1-6-7-8-10(5)9(2,3)4;1-6-8(7-2)10-9(3,4)5;2*1-5-9(6-7-10)8(2,3)4;1-5-7(6-10)9-8(2,3)4;1-6-9(7-2)8(3,4)5;1-6(2,3)7(4)5/h10H,5-9H2,1-4H3;6-7H2,1-5H3;6-8H2,1-5H3;4-9H2,1-3H3;6-9H2,1-5H3;6-8H2,1-5H3;8,10H,6-7H2,1-5H3;2*10H,5-7H2,1-4H3;7,9-10H,5-6H2,1-4H3;6-7H2,1-5H3;1-5H3. The van der Waals surface area contributed by atoms with Crippen LogP contribution in [0.5, 0.6) is 0 Å². The van der Waals surface area contributed by atoms with Crippen molar-refractivity contribution in [2.75, 3.05) is 133 Å². The second kappa shape index (κ2) is 74.4. The summed E-state index contributed by atoms with van der Waals surface area (Å²) in [4.78, 5) is 57.0. The number of imide groups is 1. The third-order valence-electron chi connectivity index (χ3n) is 22.2. The molecule has 1 saturated heterocycles. The van der Waals surface area contributed by atoms with Crippen molar-refractivity contribution in [1.29, 1.82) is 0 Å². The Labute approximate surface area is 788 Å². The molecule has 1 saturated carbocycles. The van der Waals surface area contributed by atoms with E-state index in [2.05, 4.69) is 383 Å². The quantitative estimate of drug-likeness (QED) is 0.0460. The van der Waals surface area contributed by atoms with Crippen molar-refractivity contribution >= 4 is 17.7 Å². The maximum absolute atomic E-state index is 11.5. The van der Waals surface area contributed by atoms with Crippen LogP contribution in [0.25, 0.3) is 0 Å². The second-order valence-electron chi connectivity index (χ2n) is 46.8. The number of hydrogen-bond acceptors (Lipinski definition) is 16. The van der Waals surface area contributed by atoms with Crippen LogP contribution in [0.3, 0.4) is 0 Å². The van der Waals surface area contributed by atoms with E-state index in [0.717, 1.165) is 64.6 Å². The Kier molecular flexibility index (Phi) is 85.4. The van der Waals surface area contributed by atoms with Crippen LogP contribution in [-0.2, 0) is 14.4 Å². The number of likely N-dealkylation sites (N-methyl/N-ethyl adjacent to an activating group) is 2. The number of likely N-dealkylation sites (tertiary alicyclic amines) is 1. The molecule has 2 aliphatic rings. The lowest BCUT2D eigenvalue weighted by atomic mass is 10.0. The number of aliphatic hydroxyl groups is 3. The van der Waals surface area contributed by atoms with Crippen molar-refractivity contribution < 1.29 is 29.7 Å². The molecule has 1 heterocycles. The molecule has 18 heteroatoms. The molecule has 764 valence electrons. The summed E-state index contributed by atoms with van der Waals surface area (Å²) in [7, 11) is 6.36. The van der Waals surface area contributed by atoms with Gasteiger partial charge in [-0.25, -0.2) is 0 Å². The molecule has 1 aliphatic heterocycles. The first-order valence-electron chi connectivity index (χ1n) is 50.8. The second-order valence-corrected chi connectivity index (χ2v) is 46.8. The summed E-state index contributed by atoms with van der Waals surface area (Å²) in [5.41, 5.74) is 2.49. The van der Waals surface area contributed by atoms with Gasteiger partial charge in [0, 0.05) is 124 Å². The molecule has 2 rings (SSSR count). The van der Waals surface area contributed by atoms with Crippen LogP contribution in [-0.4, -0.2) is 293 Å². The average molecular weight is 1790 g/mol. The summed E-state index contributed by atoms with van der Waals surface area (Å²) in [6.45, 7) is 127. The van der Waals surface area contributed by atoms with Gasteiger partial charge in [-0.1, -0.05) is 123 Å². The van der Waals surface area contributed by atoms with Gasteiger partial charge in [-0.3, -0.25) is 48.7 Å². The Balaban J connectivity index is -0.000000145. The molecule has 125 heavy (non-hydrogen) atoms. The van der Waals surface area contributed by atoms with Crippen LogP contribution in [0, 0.1) is 5.92 Å². The first kappa shape index (κ1) is 143. The van der Waals surface area contributed by atoms with E-state index in [9.17, 15) is 14.4 Å². The zero-order valence-electron chi connectivity index (χ0n) is 96.0. The van der Waals surface area contributed by atoms with E-state index < -0.39 is 5.54 Å². The summed E-state index contributed by atoms with van der Waals surface area (Å²) in [5.74, 6) is 1.08. The Morgan fingerprint density at radius 3 is 0.808 bits per heavy atom. The van der Waals surface area contributed by atoms with Crippen LogP contribution in [0.2, 0.25) is 0 Å². The number of amides is 3. The third kappa shape index (κ3) is 89.7. The highest BCUT2D eigenvalue weighted by Crippen LogP contribution is 2.32. The number of carbonyl (C=O) groups excluding carboxylic acids is 3. The number of aliphatic hydroxyl groups excluding tert-OH is 3. The van der Waals surface area contributed by atoms with Crippen LogP contribution in [0.4, 0.5) is 0 Å². The molecule has 5 N–H and O–H groups in total. The fourth-order valence-electron chi connectivity index (χ4n) is 13.2. The van der Waals surface area contributed by atoms with Crippen molar-refractivity contribution in [2.45, 2.75) is 547 Å². The van der Waals surface area contributed by atoms with Crippen LogP contribution in [0.15, 0.2) is 0 Å². The van der Waals surface area contributed by atoms with Crippen molar-refractivity contribution in [3.8, 4) is 0 Å². The Hall–Kier alpha value is -1.91. The van der Waals surface area contributed by atoms with Gasteiger partial charge in [-0.2, -0.15) is 0 Å². The molecule has 0 aromatic carbocycles. The summed E-state index contributed by atoms with van der Waals surface area (Å²) in [5, 5.41) is 33.1. The molecule has 0 bridgehead atoms. The van der Waals surface area contributed by atoms with Gasteiger partial charge in [-0.15, -0.1) is 0 Å². The lowest BCUT2D eigenvalue weighted by Gasteiger charge is -2.35. The molecule has 1 aliphatic carbocycles. The van der Waals surface area contributed by atoms with Gasteiger partial charge in [0.25, 0.3) is 0 Å². The Morgan fingerprint density at radius 1 is 0.336 bits per heavy atom. The minimum Gasteiger partial charge on any atom is -0.395 e. The van der Waals surface area contributed by atoms with E-state index in [1.807, 2.05) is 32.6 Å². The SMILES string of the molecule is CC(C)(C)N1CCCCCC1.CCC(=O)N(C(=O)CC)C(C)(C)C.CCC(CC)NC(C)(C)C.CCC(CO)NC(C)(C)C.CCCCN(C)C(C)(C)C.CCCN(C(=O)CC)C(C)(C)C.CCCN(CC1CC1)C(C)(C)C.CCCN(CCC)C(C)(C)C.CCN(CC)C(C)(C)C.CCN(CCO)C(C)(C)C.CCN(CCO)C(C)(C)C.CN(C)C(C)(C)C. The molecular formula is C107H240N12O6. The van der Waals surface area contributed by atoms with Gasteiger partial charge in [0.05, 0.1) is 19.8 Å². The first-order chi connectivity index (χ1) is 56.4. The van der Waals surface area contributed by atoms with Gasteiger partial charge in [0.15, 0.2) is 0 Å². The maximum Gasteiger partial charge on any atom is 0.229 e. The number of hydrogen-bond donors (Lipinski definition) is 5. The summed E-state index contributed by atoms with van der Waals surface area (Å²) < 4.78 is 0. The van der Waals surface area contributed by atoms with Crippen molar-refractivity contribution in [3.63, 3.8) is 0 Å². The Morgan fingerprint density at radius 2 is 0.640 bits per heavy atom. The minimum atomic E-state index is -0.403. The molecule has 0 aromatic heterocycles. The summed E-state index contributed by atoms with van der Waals surface area (Å²) >= 11 is 0. The molecule has 18 nitrogen and oxygen atoms in total. The number of unbranched alkanes of at least 4 members (excludes halogenated alkanes) is 1. The fourth-order valence-corrected chi connectivity index (χ4v) is 13.2. The number of carbonyl (C=O) groups is 3. The largest absolute Gasteiger partial charge is 0.395 e. The topological polar surface area (TPSA) is 168 Å². The Bertz CT molecular complexity index is 2310. The highest BCUT2D eigenvalue weighted by molar-refractivity contribution is 5.95. The normalized spacial score (nSPS) is 14.1. The molecule has 3 amide bonds. The van der Waals surface area contributed by atoms with Gasteiger partial charge >= 0.3 is 0 Å². The zero-order chi connectivity index (χ0) is 101. The number of nitrogens with zero attached hydrogens (tertiary/aromatic N) is 10. The van der Waals surface area contributed by atoms with E-state index in [1.54, 1.807) is 13.8 Å². The highest BCUT2D eigenvalue weighted by Gasteiger charge is 2.32. The van der Waals surface area contributed by atoms with E-state index in [1.165, 1.54) is 134 Å². The van der Waals surface area contributed by atoms with Crippen LogP contribution in [0.1, 0.15) is 469 Å². The van der Waals surface area contributed by atoms with Crippen molar-refractivity contribution in [2.24, 2.45) is 5.92 Å². The van der Waals surface area contributed by atoms with Crippen LogP contribution >= 0.6 is 0 Å². The molecule has 0 radical (unpaired) electrons. The van der Waals surface area contributed by atoms with Crippen molar-refractivity contribution in [3.05, 3.63) is 0 Å². The zero-order valence-corrected chi connectivity index (χ0v) is 96.0. The van der Waals surface area contributed by atoms with E-state index in [-0.39, 0.29) is 71.3 Å². The van der Waals surface area contributed by atoms with Gasteiger partial charge in [0.1, 0.15) is 0 Å². The maximum atomic E-state index is 11.5. The van der Waals surface area contributed by atoms with Gasteiger partial charge in [0.2, 0.25) is 17.7 Å². The number of β-amino-alcohol motifs (C(OH)–C–C–N with tert-alkyl or cyclic N) is 2. The fraction of sp³-hybridized carbons (Fsp3) is 0.972. The number of nitrogens with one attached hydrogen (secondary N) is 2. The average Bonchev–Trinajstić information content (AvgIpc) is 1.09. The van der Waals surface area contributed by atoms with E-state index in [4.69, 9.17) is 15.3 Å². The first-order valence-corrected chi connectivity index (χ1v) is 50.8. The molecule has 2 fully saturated rings. The number of rotatable bonds is 30. The van der Waals surface area contributed by atoms with Gasteiger partial charge < -0.3 is 40.7 Å². The highest BCUT2D eigenvalue weighted by atomic mass is 16.3.